The number of carbonyl (C=O) groups is 1. The largest absolute Gasteiger partial charge is 0.310 e. The first kappa shape index (κ1) is 28.3. The van der Waals surface area contributed by atoms with Gasteiger partial charge in [-0.2, -0.15) is 0 Å². The van der Waals surface area contributed by atoms with Crippen LogP contribution in [-0.4, -0.2) is 10.4 Å². The van der Waals surface area contributed by atoms with E-state index in [4.69, 9.17) is 0 Å². The number of benzene rings is 5. The second kappa shape index (κ2) is 10.3. The van der Waals surface area contributed by atoms with Gasteiger partial charge in [0.1, 0.15) is 0 Å². The molecular formula is C45H34N2O. The Hall–Kier alpha value is -5.93. The second-order valence-corrected chi connectivity index (χ2v) is 13.3. The van der Waals surface area contributed by atoms with Crippen LogP contribution in [0, 0.1) is 0 Å². The average Bonchev–Trinajstić information content (AvgIpc) is 3.74. The minimum atomic E-state index is -0.261. The number of para-hydroxylation sites is 3. The highest BCUT2D eigenvalue weighted by Gasteiger charge is 2.40. The summed E-state index contributed by atoms with van der Waals surface area (Å²) in [6.45, 7) is 10.5. The molecule has 3 aliphatic rings. The van der Waals surface area contributed by atoms with Gasteiger partial charge in [-0.25, -0.2) is 0 Å². The summed E-state index contributed by atoms with van der Waals surface area (Å²) in [6, 6.07) is 39.2. The second-order valence-electron chi connectivity index (χ2n) is 13.3. The van der Waals surface area contributed by atoms with E-state index < -0.39 is 0 Å². The molecule has 0 fully saturated rings. The van der Waals surface area contributed by atoms with Crippen LogP contribution < -0.4 is 4.90 Å². The van der Waals surface area contributed by atoms with Gasteiger partial charge in [-0.05, 0) is 94.9 Å². The number of carbonyl (C=O) groups excluding carboxylic acids is 1. The van der Waals surface area contributed by atoms with Gasteiger partial charge in [0, 0.05) is 38.7 Å². The first-order chi connectivity index (χ1) is 23.4. The summed E-state index contributed by atoms with van der Waals surface area (Å²) in [5, 5.41) is 2.42. The summed E-state index contributed by atoms with van der Waals surface area (Å²) in [5.41, 5.74) is 14.6. The van der Waals surface area contributed by atoms with Gasteiger partial charge in [-0.1, -0.05) is 105 Å². The summed E-state index contributed by atoms with van der Waals surface area (Å²) in [4.78, 5) is 16.6. The van der Waals surface area contributed by atoms with Crippen LogP contribution in [0.4, 0.5) is 17.1 Å². The Labute approximate surface area is 280 Å². The Balaban J connectivity index is 1.30. The molecule has 0 radical (unpaired) electrons. The highest BCUT2D eigenvalue weighted by atomic mass is 16.1. The minimum absolute atomic E-state index is 0.0749. The van der Waals surface area contributed by atoms with Gasteiger partial charge in [-0.3, -0.25) is 4.79 Å². The van der Waals surface area contributed by atoms with E-state index in [0.717, 1.165) is 56.2 Å². The molecule has 48 heavy (non-hydrogen) atoms. The molecule has 1 aromatic heterocycles. The van der Waals surface area contributed by atoms with E-state index >= 15 is 0 Å². The maximum absolute atomic E-state index is 14.2. The third kappa shape index (κ3) is 3.79. The lowest BCUT2D eigenvalue weighted by molar-refractivity contribution is 0.104. The zero-order valence-corrected chi connectivity index (χ0v) is 27.3. The normalized spacial score (nSPS) is 16.9. The molecule has 0 atom stereocenters. The highest BCUT2D eigenvalue weighted by Crippen LogP contribution is 2.55. The van der Waals surface area contributed by atoms with Crippen LogP contribution >= 0.6 is 0 Å². The van der Waals surface area contributed by atoms with Crippen molar-refractivity contribution in [2.24, 2.45) is 0 Å². The number of ketones is 1. The number of hydrogen-bond acceptors (Lipinski definition) is 2. The number of aromatic nitrogens is 1. The van der Waals surface area contributed by atoms with E-state index in [9.17, 15) is 4.79 Å². The van der Waals surface area contributed by atoms with Crippen molar-refractivity contribution < 1.29 is 4.79 Å². The molecular weight excluding hydrogens is 585 g/mol. The maximum Gasteiger partial charge on any atom is 0.194 e. The Morgan fingerprint density at radius 1 is 0.708 bits per heavy atom. The van der Waals surface area contributed by atoms with Crippen LogP contribution in [0.2, 0.25) is 0 Å². The van der Waals surface area contributed by atoms with Crippen LogP contribution in [0.1, 0.15) is 47.8 Å². The van der Waals surface area contributed by atoms with Crippen molar-refractivity contribution in [1.29, 1.82) is 0 Å². The summed E-state index contributed by atoms with van der Waals surface area (Å²) < 4.78 is 2.39. The molecule has 0 unspecified atom stereocenters. The molecule has 2 heterocycles. The molecule has 5 aromatic carbocycles. The fourth-order valence-electron chi connectivity index (χ4n) is 8.16. The Morgan fingerprint density at radius 2 is 1.48 bits per heavy atom. The van der Waals surface area contributed by atoms with Crippen molar-refractivity contribution in [1.82, 2.24) is 4.57 Å². The standard InChI is InChI=1S/C45H34N2O/c1-5-7-17-31-28(6-2)24-35-32-23-22-30(25-36(32)44(48)43(31)35)47-40-21-14-12-19-37(40)45(3,4)38-27-41-34(26-42(38)47)33-18-11-13-20-39(33)46(41)29-15-9-8-10-16-29/h5-27H,1H2,2-4H3/b17-7-,28-6-. The number of hydrogen-bond donors (Lipinski definition) is 0. The first-order valence-electron chi connectivity index (χ1n) is 16.6. The Morgan fingerprint density at radius 3 is 2.29 bits per heavy atom. The number of allylic oxidation sites excluding steroid dienone is 9. The molecule has 0 spiro atoms. The van der Waals surface area contributed by atoms with Crippen LogP contribution in [0.5, 0.6) is 0 Å². The van der Waals surface area contributed by atoms with Crippen molar-refractivity contribution in [3.8, 4) is 5.69 Å². The van der Waals surface area contributed by atoms with E-state index in [-0.39, 0.29) is 11.2 Å². The fourth-order valence-corrected chi connectivity index (χ4v) is 8.16. The molecule has 0 N–H and O–H groups in total. The Kier molecular flexibility index (Phi) is 6.07. The molecule has 230 valence electrons. The van der Waals surface area contributed by atoms with E-state index in [1.54, 1.807) is 6.08 Å². The third-order valence-electron chi connectivity index (χ3n) is 10.4. The molecule has 2 aliphatic carbocycles. The van der Waals surface area contributed by atoms with Gasteiger partial charge in [0.15, 0.2) is 5.78 Å². The van der Waals surface area contributed by atoms with Gasteiger partial charge in [0.2, 0.25) is 0 Å². The Bertz CT molecular complexity index is 2520. The van der Waals surface area contributed by atoms with Crippen molar-refractivity contribution in [2.75, 3.05) is 4.90 Å². The van der Waals surface area contributed by atoms with Gasteiger partial charge in [0.05, 0.1) is 22.4 Å². The predicted molar refractivity (Wildman–Crippen MR) is 200 cm³/mol. The van der Waals surface area contributed by atoms with E-state index in [0.29, 0.717) is 0 Å². The summed E-state index contributed by atoms with van der Waals surface area (Å²) in [5.74, 6) is 0.0749. The third-order valence-corrected chi connectivity index (χ3v) is 10.4. The SMILES string of the molecule is C=C/C=C\C1=C2C(=O)c3cc(N4c5ccccc5C(C)(C)c5cc6c(cc54)c4ccccc4n6-c4ccccc4)ccc3C2=C/C1=C/C. The monoisotopic (exact) mass is 618 g/mol. The van der Waals surface area contributed by atoms with Gasteiger partial charge >= 0.3 is 0 Å². The summed E-state index contributed by atoms with van der Waals surface area (Å²) in [6.07, 6.45) is 9.88. The van der Waals surface area contributed by atoms with Crippen LogP contribution in [0.25, 0.3) is 33.1 Å². The van der Waals surface area contributed by atoms with Crippen molar-refractivity contribution >= 4 is 50.2 Å². The number of anilines is 3. The van der Waals surface area contributed by atoms with Crippen molar-refractivity contribution in [3.63, 3.8) is 0 Å². The van der Waals surface area contributed by atoms with Crippen LogP contribution in [0.3, 0.4) is 0 Å². The molecule has 3 heteroatoms. The number of Topliss-reactive ketones (excluding diaryl/α,β-unsaturated/α-hetero) is 1. The summed E-state index contributed by atoms with van der Waals surface area (Å²) >= 11 is 0. The highest BCUT2D eigenvalue weighted by molar-refractivity contribution is 6.29. The van der Waals surface area contributed by atoms with Crippen molar-refractivity contribution in [3.05, 3.63) is 185 Å². The molecule has 3 nitrogen and oxygen atoms in total. The predicted octanol–water partition coefficient (Wildman–Crippen LogP) is 11.5. The van der Waals surface area contributed by atoms with Crippen LogP contribution in [0.15, 0.2) is 163 Å². The van der Waals surface area contributed by atoms with E-state index in [1.807, 2.05) is 19.1 Å². The lowest BCUT2D eigenvalue weighted by atomic mass is 9.73. The number of rotatable bonds is 4. The summed E-state index contributed by atoms with van der Waals surface area (Å²) in [7, 11) is 0. The van der Waals surface area contributed by atoms with E-state index in [1.165, 1.54) is 32.9 Å². The van der Waals surface area contributed by atoms with Crippen molar-refractivity contribution in [2.45, 2.75) is 26.2 Å². The number of nitrogens with zero attached hydrogens (tertiary/aromatic N) is 2. The first-order valence-corrected chi connectivity index (χ1v) is 16.6. The average molecular weight is 619 g/mol. The lowest BCUT2D eigenvalue weighted by Crippen LogP contribution is -2.30. The van der Waals surface area contributed by atoms with E-state index in [2.05, 4.69) is 151 Å². The quantitative estimate of drug-likeness (QED) is 0.184. The molecule has 0 amide bonds. The zero-order chi connectivity index (χ0) is 32.7. The molecule has 9 rings (SSSR count). The minimum Gasteiger partial charge on any atom is -0.310 e. The smallest absolute Gasteiger partial charge is 0.194 e. The fraction of sp³-hybridized carbons (Fsp3) is 0.0889. The zero-order valence-electron chi connectivity index (χ0n) is 27.3. The molecule has 0 saturated heterocycles. The lowest BCUT2D eigenvalue weighted by Gasteiger charge is -2.42. The van der Waals surface area contributed by atoms with Crippen LogP contribution in [-0.2, 0) is 5.41 Å². The molecule has 0 bridgehead atoms. The topological polar surface area (TPSA) is 25.2 Å². The molecule has 6 aromatic rings. The maximum atomic E-state index is 14.2. The molecule has 1 aliphatic heterocycles. The number of fused-ring (bicyclic) bond motifs is 8. The van der Waals surface area contributed by atoms with Gasteiger partial charge < -0.3 is 9.47 Å². The van der Waals surface area contributed by atoms with Gasteiger partial charge in [-0.15, -0.1) is 0 Å². The molecule has 0 saturated carbocycles. The van der Waals surface area contributed by atoms with Gasteiger partial charge in [0.25, 0.3) is 0 Å².